The Balaban J connectivity index is 1.58. The van der Waals surface area contributed by atoms with Crippen LogP contribution in [0.2, 0.25) is 0 Å². The molecule has 124 valence electrons. The summed E-state index contributed by atoms with van der Waals surface area (Å²) in [7, 11) is 3.55. The van der Waals surface area contributed by atoms with Gasteiger partial charge in [-0.05, 0) is 24.1 Å². The minimum absolute atomic E-state index is 0.533. The lowest BCUT2D eigenvalue weighted by atomic mass is 10.1. The van der Waals surface area contributed by atoms with Crippen LogP contribution in [0.5, 0.6) is 5.75 Å². The topological polar surface area (TPSA) is 76.9 Å². The summed E-state index contributed by atoms with van der Waals surface area (Å²) in [6.45, 7) is 0.754. The summed E-state index contributed by atoms with van der Waals surface area (Å²) >= 11 is 0. The number of anilines is 3. The molecular weight excluding hydrogens is 304 g/mol. The molecule has 0 bridgehead atoms. The van der Waals surface area contributed by atoms with Crippen molar-refractivity contribution in [1.82, 2.24) is 19.7 Å². The van der Waals surface area contributed by atoms with E-state index in [0.29, 0.717) is 5.95 Å². The van der Waals surface area contributed by atoms with E-state index in [4.69, 9.17) is 4.74 Å². The second kappa shape index (κ2) is 7.45. The zero-order valence-corrected chi connectivity index (χ0v) is 13.7. The Hall–Kier alpha value is -3.09. The van der Waals surface area contributed by atoms with Crippen molar-refractivity contribution in [3.63, 3.8) is 0 Å². The van der Waals surface area contributed by atoms with Gasteiger partial charge in [-0.3, -0.25) is 4.68 Å². The highest BCUT2D eigenvalue weighted by atomic mass is 16.5. The highest BCUT2D eigenvalue weighted by Gasteiger charge is 2.04. The standard InChI is InChI=1S/C17H20N6O/c1-23-12-14(11-20-23)21-17-19-10-8-16(22-17)18-9-7-13-5-3-4-6-15(13)24-2/h3-6,8,10-12H,7,9H2,1-2H3,(H2,18,19,21,22). The molecule has 0 saturated carbocycles. The summed E-state index contributed by atoms with van der Waals surface area (Å²) < 4.78 is 7.08. The number of aromatic nitrogens is 4. The molecule has 0 amide bonds. The SMILES string of the molecule is COc1ccccc1CCNc1ccnc(Nc2cnn(C)c2)n1. The number of methoxy groups -OCH3 is 1. The second-order valence-corrected chi connectivity index (χ2v) is 5.28. The fraction of sp³-hybridized carbons (Fsp3) is 0.235. The Kier molecular flexibility index (Phi) is 4.90. The third-order valence-corrected chi connectivity index (χ3v) is 3.51. The zero-order chi connectivity index (χ0) is 16.8. The van der Waals surface area contributed by atoms with E-state index in [2.05, 4.69) is 31.8 Å². The first kappa shape index (κ1) is 15.8. The smallest absolute Gasteiger partial charge is 0.229 e. The van der Waals surface area contributed by atoms with Crippen LogP contribution in [0, 0.1) is 0 Å². The van der Waals surface area contributed by atoms with E-state index in [1.54, 1.807) is 24.2 Å². The molecule has 0 saturated heterocycles. The summed E-state index contributed by atoms with van der Waals surface area (Å²) in [5, 5.41) is 10.5. The first-order valence-corrected chi connectivity index (χ1v) is 7.69. The third kappa shape index (κ3) is 4.01. The van der Waals surface area contributed by atoms with E-state index in [-0.39, 0.29) is 0 Å². The van der Waals surface area contributed by atoms with Crippen molar-refractivity contribution in [3.8, 4) is 5.75 Å². The fourth-order valence-corrected chi connectivity index (χ4v) is 2.37. The largest absolute Gasteiger partial charge is 0.496 e. The maximum Gasteiger partial charge on any atom is 0.229 e. The predicted molar refractivity (Wildman–Crippen MR) is 93.7 cm³/mol. The van der Waals surface area contributed by atoms with Gasteiger partial charge in [0.25, 0.3) is 0 Å². The average Bonchev–Trinajstić information content (AvgIpc) is 3.00. The number of rotatable bonds is 7. The Morgan fingerprint density at radius 3 is 2.88 bits per heavy atom. The molecule has 24 heavy (non-hydrogen) atoms. The van der Waals surface area contributed by atoms with Crippen molar-refractivity contribution in [2.75, 3.05) is 24.3 Å². The minimum atomic E-state index is 0.533. The Morgan fingerprint density at radius 1 is 1.21 bits per heavy atom. The van der Waals surface area contributed by atoms with Crippen LogP contribution in [0.1, 0.15) is 5.56 Å². The number of benzene rings is 1. The number of para-hydroxylation sites is 1. The van der Waals surface area contributed by atoms with Crippen LogP contribution in [0.4, 0.5) is 17.5 Å². The van der Waals surface area contributed by atoms with E-state index in [0.717, 1.165) is 35.8 Å². The molecule has 0 radical (unpaired) electrons. The second-order valence-electron chi connectivity index (χ2n) is 5.28. The van der Waals surface area contributed by atoms with E-state index < -0.39 is 0 Å². The van der Waals surface area contributed by atoms with Gasteiger partial charge < -0.3 is 15.4 Å². The molecule has 0 unspecified atom stereocenters. The molecule has 1 aromatic carbocycles. The van der Waals surface area contributed by atoms with Gasteiger partial charge in [-0.15, -0.1) is 0 Å². The summed E-state index contributed by atoms with van der Waals surface area (Å²) in [6, 6.07) is 9.86. The summed E-state index contributed by atoms with van der Waals surface area (Å²) in [5.74, 6) is 2.21. The molecule has 0 fully saturated rings. The molecule has 2 heterocycles. The van der Waals surface area contributed by atoms with Gasteiger partial charge in [-0.25, -0.2) is 4.98 Å². The lowest BCUT2D eigenvalue weighted by molar-refractivity contribution is 0.410. The molecular formula is C17H20N6O. The molecule has 7 heteroatoms. The monoisotopic (exact) mass is 324 g/mol. The van der Waals surface area contributed by atoms with Gasteiger partial charge in [0.05, 0.1) is 19.0 Å². The lowest BCUT2D eigenvalue weighted by Crippen LogP contribution is -2.08. The number of nitrogens with zero attached hydrogens (tertiary/aromatic N) is 4. The zero-order valence-electron chi connectivity index (χ0n) is 13.7. The number of hydrogen-bond donors (Lipinski definition) is 2. The van der Waals surface area contributed by atoms with Gasteiger partial charge >= 0.3 is 0 Å². The maximum atomic E-state index is 5.36. The van der Waals surface area contributed by atoms with Crippen LogP contribution in [0.15, 0.2) is 48.9 Å². The van der Waals surface area contributed by atoms with Crippen LogP contribution in [0.25, 0.3) is 0 Å². The number of ether oxygens (including phenoxy) is 1. The minimum Gasteiger partial charge on any atom is -0.496 e. The molecule has 0 aliphatic heterocycles. The van der Waals surface area contributed by atoms with Gasteiger partial charge in [-0.1, -0.05) is 18.2 Å². The molecule has 0 spiro atoms. The van der Waals surface area contributed by atoms with Gasteiger partial charge in [-0.2, -0.15) is 10.1 Å². The van der Waals surface area contributed by atoms with E-state index in [1.165, 1.54) is 0 Å². The van der Waals surface area contributed by atoms with Crippen molar-refractivity contribution < 1.29 is 4.74 Å². The van der Waals surface area contributed by atoms with Crippen LogP contribution in [-0.4, -0.2) is 33.4 Å². The van der Waals surface area contributed by atoms with Crippen molar-refractivity contribution in [2.45, 2.75) is 6.42 Å². The molecule has 2 N–H and O–H groups in total. The van der Waals surface area contributed by atoms with Gasteiger partial charge in [0.15, 0.2) is 0 Å². The Bertz CT molecular complexity index is 801. The number of aryl methyl sites for hydroxylation is 1. The highest BCUT2D eigenvalue weighted by Crippen LogP contribution is 2.18. The summed E-state index contributed by atoms with van der Waals surface area (Å²) in [4.78, 5) is 8.67. The summed E-state index contributed by atoms with van der Waals surface area (Å²) in [6.07, 6.45) is 6.16. The van der Waals surface area contributed by atoms with Crippen LogP contribution in [0.3, 0.4) is 0 Å². The third-order valence-electron chi connectivity index (χ3n) is 3.51. The van der Waals surface area contributed by atoms with Crippen LogP contribution >= 0.6 is 0 Å². The lowest BCUT2D eigenvalue weighted by Gasteiger charge is -2.10. The van der Waals surface area contributed by atoms with Gasteiger partial charge in [0.1, 0.15) is 11.6 Å². The average molecular weight is 324 g/mol. The molecule has 2 aromatic heterocycles. The molecule has 0 atom stereocenters. The van der Waals surface area contributed by atoms with E-state index in [1.807, 2.05) is 37.5 Å². The Morgan fingerprint density at radius 2 is 2.08 bits per heavy atom. The van der Waals surface area contributed by atoms with Crippen molar-refractivity contribution in [3.05, 3.63) is 54.5 Å². The highest BCUT2D eigenvalue weighted by molar-refractivity contribution is 5.52. The Labute approximate surface area is 140 Å². The maximum absolute atomic E-state index is 5.36. The van der Waals surface area contributed by atoms with Crippen molar-refractivity contribution in [2.24, 2.45) is 7.05 Å². The summed E-state index contributed by atoms with van der Waals surface area (Å²) in [5.41, 5.74) is 2.01. The molecule has 7 nitrogen and oxygen atoms in total. The van der Waals surface area contributed by atoms with Crippen LogP contribution < -0.4 is 15.4 Å². The fourth-order valence-electron chi connectivity index (χ4n) is 2.37. The van der Waals surface area contributed by atoms with Crippen molar-refractivity contribution >= 4 is 17.5 Å². The molecule has 3 rings (SSSR count). The van der Waals surface area contributed by atoms with Crippen molar-refractivity contribution in [1.29, 1.82) is 0 Å². The molecule has 0 aliphatic rings. The number of nitrogens with one attached hydrogen (secondary N) is 2. The quantitative estimate of drug-likeness (QED) is 0.696. The molecule has 0 aliphatic carbocycles. The van der Waals surface area contributed by atoms with Gasteiger partial charge in [0.2, 0.25) is 5.95 Å². The van der Waals surface area contributed by atoms with E-state index in [9.17, 15) is 0 Å². The van der Waals surface area contributed by atoms with Crippen LogP contribution in [-0.2, 0) is 13.5 Å². The van der Waals surface area contributed by atoms with E-state index >= 15 is 0 Å². The molecule has 3 aromatic rings. The predicted octanol–water partition coefficient (Wildman–Crippen LogP) is 2.62. The van der Waals surface area contributed by atoms with Gasteiger partial charge in [0, 0.05) is 26.0 Å². The first-order valence-electron chi connectivity index (χ1n) is 7.69. The first-order chi connectivity index (χ1) is 11.7. The number of hydrogen-bond acceptors (Lipinski definition) is 6. The normalized spacial score (nSPS) is 10.4.